The Balaban J connectivity index is 0.00000320. The van der Waals surface area contributed by atoms with Gasteiger partial charge in [0.05, 0.1) is 12.1 Å². The number of guanidine groups is 1. The van der Waals surface area contributed by atoms with Gasteiger partial charge >= 0.3 is 6.18 Å². The molecule has 2 N–H and O–H groups in total. The fourth-order valence-electron chi connectivity index (χ4n) is 2.54. The molecule has 0 saturated heterocycles. The summed E-state index contributed by atoms with van der Waals surface area (Å²) >= 11 is 0. The summed E-state index contributed by atoms with van der Waals surface area (Å²) in [7, 11) is 0. The molecule has 0 fully saturated rings. The lowest BCUT2D eigenvalue weighted by Gasteiger charge is -2.08. The van der Waals surface area contributed by atoms with Crippen LogP contribution in [0.2, 0.25) is 0 Å². The molecule has 0 bridgehead atoms. The van der Waals surface area contributed by atoms with Crippen LogP contribution >= 0.6 is 24.0 Å². The minimum atomic E-state index is -4.38. The van der Waals surface area contributed by atoms with E-state index in [2.05, 4.69) is 37.7 Å². The second-order valence-corrected chi connectivity index (χ2v) is 5.97. The molecule has 30 heavy (non-hydrogen) atoms. The van der Waals surface area contributed by atoms with Gasteiger partial charge in [0.15, 0.2) is 17.4 Å². The molecule has 2 heterocycles. The van der Waals surface area contributed by atoms with E-state index in [9.17, 15) is 13.2 Å². The van der Waals surface area contributed by atoms with Gasteiger partial charge in [-0.3, -0.25) is 4.40 Å². The summed E-state index contributed by atoms with van der Waals surface area (Å²) in [5.41, 5.74) is 0.328. The maximum Gasteiger partial charge on any atom is 0.416 e. The van der Waals surface area contributed by atoms with Crippen molar-refractivity contribution in [3.63, 3.8) is 0 Å². The standard InChI is InChI=1S/C20H19F3N6.HI/c1-2-24-19(26-14-18-28-27-17-10-3-4-12-29(17)18)25-11-6-8-15-7-5-9-16(13-15)20(21,22)23;/h3-5,7,9-10,12-13H,2,11,14H2,1H3,(H2,24,25,26);1H. The Labute approximate surface area is 189 Å². The van der Waals surface area contributed by atoms with Crippen molar-refractivity contribution in [2.24, 2.45) is 4.99 Å². The number of rotatable bonds is 4. The van der Waals surface area contributed by atoms with Crippen LogP contribution in [0.3, 0.4) is 0 Å². The summed E-state index contributed by atoms with van der Waals surface area (Å²) in [6.07, 6.45) is -2.52. The third-order valence-electron chi connectivity index (χ3n) is 3.87. The molecule has 0 spiro atoms. The number of pyridine rings is 1. The predicted molar refractivity (Wildman–Crippen MR) is 120 cm³/mol. The van der Waals surface area contributed by atoms with Crippen molar-refractivity contribution < 1.29 is 13.2 Å². The molecular weight excluding hydrogens is 508 g/mol. The summed E-state index contributed by atoms with van der Waals surface area (Å²) in [5, 5.41) is 14.3. The lowest BCUT2D eigenvalue weighted by molar-refractivity contribution is -0.137. The predicted octanol–water partition coefficient (Wildman–Crippen LogP) is 3.47. The number of fused-ring (bicyclic) bond motifs is 1. The van der Waals surface area contributed by atoms with Crippen molar-refractivity contribution in [2.45, 2.75) is 19.6 Å². The molecule has 6 nitrogen and oxygen atoms in total. The monoisotopic (exact) mass is 528 g/mol. The average Bonchev–Trinajstić information content (AvgIpc) is 3.12. The maximum atomic E-state index is 12.7. The van der Waals surface area contributed by atoms with Crippen LogP contribution in [-0.4, -0.2) is 33.6 Å². The first kappa shape index (κ1) is 23.5. The number of halogens is 4. The van der Waals surface area contributed by atoms with E-state index in [-0.39, 0.29) is 30.5 Å². The first-order chi connectivity index (χ1) is 14.0. The number of nitrogens with zero attached hydrogens (tertiary/aromatic N) is 4. The molecular formula is C20H20F3IN6. The molecule has 0 saturated carbocycles. The van der Waals surface area contributed by atoms with Crippen LogP contribution in [-0.2, 0) is 12.7 Å². The number of aromatic nitrogens is 3. The average molecular weight is 528 g/mol. The first-order valence-electron chi connectivity index (χ1n) is 8.94. The van der Waals surface area contributed by atoms with Gasteiger partial charge in [-0.25, -0.2) is 4.99 Å². The second kappa shape index (κ2) is 10.8. The van der Waals surface area contributed by atoms with Crippen LogP contribution in [0.5, 0.6) is 0 Å². The zero-order valence-electron chi connectivity index (χ0n) is 16.1. The van der Waals surface area contributed by atoms with Gasteiger partial charge in [0, 0.05) is 18.3 Å². The number of alkyl halides is 3. The van der Waals surface area contributed by atoms with Gasteiger partial charge in [0.25, 0.3) is 0 Å². The quantitative estimate of drug-likeness (QED) is 0.236. The van der Waals surface area contributed by atoms with Gasteiger partial charge in [-0.1, -0.05) is 24.0 Å². The van der Waals surface area contributed by atoms with Crippen molar-refractivity contribution >= 4 is 35.6 Å². The molecule has 0 atom stereocenters. The van der Waals surface area contributed by atoms with E-state index in [0.29, 0.717) is 30.4 Å². The van der Waals surface area contributed by atoms with E-state index >= 15 is 0 Å². The smallest absolute Gasteiger partial charge is 0.357 e. The molecule has 1 aromatic carbocycles. The molecule has 0 aliphatic carbocycles. The van der Waals surface area contributed by atoms with Gasteiger partial charge in [0.1, 0.15) is 6.54 Å². The van der Waals surface area contributed by atoms with Gasteiger partial charge in [-0.2, -0.15) is 13.2 Å². The molecule has 0 aliphatic heterocycles. The van der Waals surface area contributed by atoms with Crippen LogP contribution < -0.4 is 10.6 Å². The topological polar surface area (TPSA) is 66.6 Å². The van der Waals surface area contributed by atoms with Crippen molar-refractivity contribution in [3.05, 3.63) is 65.6 Å². The second-order valence-electron chi connectivity index (χ2n) is 5.97. The molecule has 10 heteroatoms. The summed E-state index contributed by atoms with van der Waals surface area (Å²) in [5.74, 6) is 6.75. The van der Waals surface area contributed by atoms with Crippen LogP contribution in [0, 0.1) is 11.8 Å². The number of hydrogen-bond acceptors (Lipinski definition) is 3. The zero-order chi connectivity index (χ0) is 20.7. The molecule has 0 amide bonds. The van der Waals surface area contributed by atoms with Crippen LogP contribution in [0.25, 0.3) is 5.65 Å². The van der Waals surface area contributed by atoms with Gasteiger partial charge < -0.3 is 10.6 Å². The Kier molecular flexibility index (Phi) is 8.46. The number of benzene rings is 1. The number of aliphatic imine (C=N–C) groups is 1. The summed E-state index contributed by atoms with van der Waals surface area (Å²) in [4.78, 5) is 4.45. The fraction of sp³-hybridized carbons (Fsp3) is 0.250. The largest absolute Gasteiger partial charge is 0.416 e. The normalized spacial score (nSPS) is 11.4. The lowest BCUT2D eigenvalue weighted by atomic mass is 10.1. The highest BCUT2D eigenvalue weighted by molar-refractivity contribution is 14.0. The van der Waals surface area contributed by atoms with Gasteiger partial charge in [0.2, 0.25) is 0 Å². The maximum absolute atomic E-state index is 12.7. The van der Waals surface area contributed by atoms with E-state index in [0.717, 1.165) is 17.8 Å². The minimum absolute atomic E-state index is 0. The van der Waals surface area contributed by atoms with Crippen LogP contribution in [0.15, 0.2) is 53.7 Å². The van der Waals surface area contributed by atoms with Crippen molar-refractivity contribution in [1.29, 1.82) is 0 Å². The van der Waals surface area contributed by atoms with E-state index in [1.54, 1.807) is 0 Å². The highest BCUT2D eigenvalue weighted by Crippen LogP contribution is 2.29. The first-order valence-corrected chi connectivity index (χ1v) is 8.94. The van der Waals surface area contributed by atoms with Gasteiger partial charge in [-0.05, 0) is 37.3 Å². The van der Waals surface area contributed by atoms with Crippen LogP contribution in [0.4, 0.5) is 13.2 Å². The number of nitrogens with one attached hydrogen (secondary N) is 2. The summed E-state index contributed by atoms with van der Waals surface area (Å²) < 4.78 is 40.1. The molecule has 3 rings (SSSR count). The van der Waals surface area contributed by atoms with E-state index in [1.807, 2.05) is 35.7 Å². The number of hydrogen-bond donors (Lipinski definition) is 2. The van der Waals surface area contributed by atoms with E-state index < -0.39 is 11.7 Å². The Hall–Kier alpha value is -2.81. The Morgan fingerprint density at radius 3 is 2.73 bits per heavy atom. The van der Waals surface area contributed by atoms with Crippen LogP contribution in [0.1, 0.15) is 23.9 Å². The van der Waals surface area contributed by atoms with Gasteiger partial charge in [-0.15, -0.1) is 34.2 Å². The van der Waals surface area contributed by atoms with Crippen molar-refractivity contribution in [1.82, 2.24) is 25.2 Å². The van der Waals surface area contributed by atoms with E-state index in [4.69, 9.17) is 0 Å². The lowest BCUT2D eigenvalue weighted by Crippen LogP contribution is -2.37. The fourth-order valence-corrected chi connectivity index (χ4v) is 2.54. The molecule has 0 unspecified atom stereocenters. The zero-order valence-corrected chi connectivity index (χ0v) is 18.4. The summed E-state index contributed by atoms with van der Waals surface area (Å²) in [6, 6.07) is 10.6. The summed E-state index contributed by atoms with van der Waals surface area (Å²) in [6.45, 7) is 3.11. The molecule has 3 aromatic rings. The SMILES string of the molecule is CCNC(=NCc1nnc2ccccn12)NCC#Cc1cccc(C(F)(F)F)c1.I. The Bertz CT molecular complexity index is 1070. The molecule has 0 aliphatic rings. The Morgan fingerprint density at radius 2 is 1.97 bits per heavy atom. The highest BCUT2D eigenvalue weighted by atomic mass is 127. The third-order valence-corrected chi connectivity index (χ3v) is 3.87. The van der Waals surface area contributed by atoms with Crippen molar-refractivity contribution in [3.8, 4) is 11.8 Å². The van der Waals surface area contributed by atoms with Crippen molar-refractivity contribution in [2.75, 3.05) is 13.1 Å². The molecule has 158 valence electrons. The highest BCUT2D eigenvalue weighted by Gasteiger charge is 2.30. The molecule has 2 aromatic heterocycles. The molecule has 0 radical (unpaired) electrons. The Morgan fingerprint density at radius 1 is 1.13 bits per heavy atom. The minimum Gasteiger partial charge on any atom is -0.357 e. The third kappa shape index (κ3) is 6.35. The van der Waals surface area contributed by atoms with E-state index in [1.165, 1.54) is 12.1 Å².